The molecule has 3 aromatic rings. The highest BCUT2D eigenvalue weighted by atomic mass is 35.5. The van der Waals surface area contributed by atoms with Gasteiger partial charge in [-0.3, -0.25) is 4.79 Å². The quantitative estimate of drug-likeness (QED) is 0.523. The van der Waals surface area contributed by atoms with E-state index in [0.29, 0.717) is 16.5 Å². The first kappa shape index (κ1) is 19.7. The molecule has 0 aliphatic rings. The molecule has 0 saturated carbocycles. The van der Waals surface area contributed by atoms with Crippen LogP contribution in [0.2, 0.25) is 10.0 Å². The standard InChI is InChI=1S/C18H14Cl2FN3O2S/c1-24(9-13-14(20)6-3-7-15(13)21)16(25)10-27-18-23-22-17(26-18)11-4-2-5-12(19)8-11/h2-8H,9-10H2,1H3. The van der Waals surface area contributed by atoms with E-state index in [1.165, 1.54) is 17.0 Å². The lowest BCUT2D eigenvalue weighted by Crippen LogP contribution is -2.28. The molecule has 0 atom stereocenters. The lowest BCUT2D eigenvalue weighted by Gasteiger charge is -2.17. The maximum absolute atomic E-state index is 13.8. The van der Waals surface area contributed by atoms with Gasteiger partial charge in [-0.1, -0.05) is 47.1 Å². The van der Waals surface area contributed by atoms with Crippen LogP contribution in [-0.2, 0) is 11.3 Å². The van der Waals surface area contributed by atoms with E-state index >= 15 is 0 Å². The van der Waals surface area contributed by atoms with Crippen molar-refractivity contribution in [2.24, 2.45) is 0 Å². The summed E-state index contributed by atoms with van der Waals surface area (Å²) in [5, 5.41) is 8.97. The summed E-state index contributed by atoms with van der Waals surface area (Å²) in [5.41, 5.74) is 0.973. The summed E-state index contributed by atoms with van der Waals surface area (Å²) in [6.07, 6.45) is 0. The van der Waals surface area contributed by atoms with E-state index in [0.717, 1.165) is 11.8 Å². The van der Waals surface area contributed by atoms with Crippen molar-refractivity contribution in [3.8, 4) is 11.5 Å². The molecule has 3 rings (SSSR count). The minimum atomic E-state index is -0.446. The van der Waals surface area contributed by atoms with Crippen LogP contribution in [0.5, 0.6) is 0 Å². The van der Waals surface area contributed by atoms with Crippen LogP contribution < -0.4 is 0 Å². The van der Waals surface area contributed by atoms with Crippen molar-refractivity contribution in [3.05, 3.63) is 63.9 Å². The fraction of sp³-hybridized carbons (Fsp3) is 0.167. The van der Waals surface area contributed by atoms with Crippen LogP contribution in [-0.4, -0.2) is 33.8 Å². The maximum Gasteiger partial charge on any atom is 0.277 e. The topological polar surface area (TPSA) is 59.2 Å². The van der Waals surface area contributed by atoms with E-state index in [-0.39, 0.29) is 34.0 Å². The van der Waals surface area contributed by atoms with Crippen LogP contribution in [0.3, 0.4) is 0 Å². The monoisotopic (exact) mass is 425 g/mol. The molecule has 27 heavy (non-hydrogen) atoms. The molecule has 5 nitrogen and oxygen atoms in total. The number of nitrogens with zero attached hydrogens (tertiary/aromatic N) is 3. The Kier molecular flexibility index (Phi) is 6.36. The zero-order valence-corrected chi connectivity index (χ0v) is 16.5. The number of benzene rings is 2. The van der Waals surface area contributed by atoms with E-state index in [4.69, 9.17) is 27.6 Å². The van der Waals surface area contributed by atoms with Gasteiger partial charge in [0.2, 0.25) is 11.8 Å². The van der Waals surface area contributed by atoms with Crippen LogP contribution in [0.25, 0.3) is 11.5 Å². The van der Waals surface area contributed by atoms with Crippen molar-refractivity contribution < 1.29 is 13.6 Å². The first-order chi connectivity index (χ1) is 12.9. The SMILES string of the molecule is CN(Cc1c(F)cccc1Cl)C(=O)CSc1nnc(-c2cccc(Cl)c2)o1. The van der Waals surface area contributed by atoms with E-state index in [2.05, 4.69) is 10.2 Å². The number of amides is 1. The molecule has 0 unspecified atom stereocenters. The van der Waals surface area contributed by atoms with Crippen molar-refractivity contribution in [1.29, 1.82) is 0 Å². The minimum absolute atomic E-state index is 0.0692. The zero-order chi connectivity index (χ0) is 19.4. The molecule has 0 radical (unpaired) electrons. The normalized spacial score (nSPS) is 10.8. The fourth-order valence-electron chi connectivity index (χ4n) is 2.25. The van der Waals surface area contributed by atoms with Gasteiger partial charge in [-0.15, -0.1) is 10.2 Å². The molecule has 140 valence electrons. The highest BCUT2D eigenvalue weighted by Gasteiger charge is 2.16. The highest BCUT2D eigenvalue weighted by molar-refractivity contribution is 7.99. The van der Waals surface area contributed by atoms with Crippen molar-refractivity contribution in [3.63, 3.8) is 0 Å². The van der Waals surface area contributed by atoms with Gasteiger partial charge in [0, 0.05) is 34.8 Å². The van der Waals surface area contributed by atoms with Gasteiger partial charge in [0.1, 0.15) is 5.82 Å². The molecule has 0 bridgehead atoms. The average Bonchev–Trinajstić information content (AvgIpc) is 3.12. The summed E-state index contributed by atoms with van der Waals surface area (Å²) >= 11 is 13.0. The maximum atomic E-state index is 13.8. The Labute approximate surface area is 169 Å². The van der Waals surface area contributed by atoms with Crippen LogP contribution in [0.1, 0.15) is 5.56 Å². The van der Waals surface area contributed by atoms with Crippen LogP contribution in [0.15, 0.2) is 52.1 Å². The molecule has 0 aliphatic heterocycles. The Morgan fingerprint density at radius 1 is 1.22 bits per heavy atom. The van der Waals surface area contributed by atoms with Crippen molar-refractivity contribution in [2.45, 2.75) is 11.8 Å². The van der Waals surface area contributed by atoms with Crippen LogP contribution in [0.4, 0.5) is 4.39 Å². The lowest BCUT2D eigenvalue weighted by molar-refractivity contribution is -0.127. The number of rotatable bonds is 6. The molecule has 0 N–H and O–H groups in total. The van der Waals surface area contributed by atoms with Gasteiger partial charge in [-0.2, -0.15) is 0 Å². The van der Waals surface area contributed by atoms with Crippen molar-refractivity contribution >= 4 is 40.9 Å². The molecule has 1 heterocycles. The summed E-state index contributed by atoms with van der Waals surface area (Å²) in [7, 11) is 1.58. The molecular formula is C18H14Cl2FN3O2S. The Hall–Kier alpha value is -2.09. The number of hydrogen-bond acceptors (Lipinski definition) is 5. The average molecular weight is 426 g/mol. The number of aromatic nitrogens is 2. The molecular weight excluding hydrogens is 412 g/mol. The zero-order valence-electron chi connectivity index (χ0n) is 14.2. The molecule has 0 fully saturated rings. The van der Waals surface area contributed by atoms with E-state index < -0.39 is 5.82 Å². The van der Waals surface area contributed by atoms with Gasteiger partial charge in [0.25, 0.3) is 5.22 Å². The van der Waals surface area contributed by atoms with Crippen LogP contribution in [0, 0.1) is 5.82 Å². The Balaban J connectivity index is 1.59. The third kappa shape index (κ3) is 5.00. The van der Waals surface area contributed by atoms with E-state index in [1.54, 1.807) is 37.4 Å². The first-order valence-corrected chi connectivity index (χ1v) is 9.57. The van der Waals surface area contributed by atoms with Gasteiger partial charge in [-0.05, 0) is 30.3 Å². The van der Waals surface area contributed by atoms with Crippen molar-refractivity contribution in [2.75, 3.05) is 12.8 Å². The second-order valence-electron chi connectivity index (χ2n) is 5.62. The third-order valence-corrected chi connectivity index (χ3v) is 5.07. The number of halogens is 3. The highest BCUT2D eigenvalue weighted by Crippen LogP contribution is 2.26. The first-order valence-electron chi connectivity index (χ1n) is 7.83. The number of carbonyl (C=O) groups excluding carboxylic acids is 1. The Bertz CT molecular complexity index is 947. The predicted molar refractivity (Wildman–Crippen MR) is 103 cm³/mol. The summed E-state index contributed by atoms with van der Waals surface area (Å²) < 4.78 is 19.4. The second-order valence-corrected chi connectivity index (χ2v) is 7.39. The largest absolute Gasteiger partial charge is 0.411 e. The van der Waals surface area contributed by atoms with Gasteiger partial charge < -0.3 is 9.32 Å². The summed E-state index contributed by atoms with van der Waals surface area (Å²) in [6.45, 7) is 0.0719. The van der Waals surface area contributed by atoms with E-state index in [1.807, 2.05) is 0 Å². The van der Waals surface area contributed by atoms with E-state index in [9.17, 15) is 9.18 Å². The molecule has 0 saturated heterocycles. The minimum Gasteiger partial charge on any atom is -0.411 e. The fourth-order valence-corrected chi connectivity index (χ4v) is 3.37. The number of thioether (sulfide) groups is 1. The lowest BCUT2D eigenvalue weighted by atomic mass is 10.2. The summed E-state index contributed by atoms with van der Waals surface area (Å²) in [4.78, 5) is 13.7. The van der Waals surface area contributed by atoms with Gasteiger partial charge in [0.15, 0.2) is 0 Å². The Morgan fingerprint density at radius 2 is 2.00 bits per heavy atom. The molecule has 1 aromatic heterocycles. The predicted octanol–water partition coefficient (Wildman–Crippen LogP) is 4.93. The molecule has 1 amide bonds. The molecule has 0 aliphatic carbocycles. The molecule has 9 heteroatoms. The third-order valence-electron chi connectivity index (χ3n) is 3.68. The number of hydrogen-bond donors (Lipinski definition) is 0. The summed E-state index contributed by atoms with van der Waals surface area (Å²) in [5.74, 6) is -0.279. The number of carbonyl (C=O) groups is 1. The Morgan fingerprint density at radius 3 is 2.74 bits per heavy atom. The summed E-state index contributed by atoms with van der Waals surface area (Å²) in [6, 6.07) is 11.4. The second kappa shape index (κ2) is 8.73. The van der Waals surface area contributed by atoms with Gasteiger partial charge in [-0.25, -0.2) is 4.39 Å². The van der Waals surface area contributed by atoms with Gasteiger partial charge in [0.05, 0.1) is 5.75 Å². The molecule has 0 spiro atoms. The van der Waals surface area contributed by atoms with Crippen molar-refractivity contribution in [1.82, 2.24) is 15.1 Å². The molecule has 2 aromatic carbocycles. The van der Waals surface area contributed by atoms with Gasteiger partial charge >= 0.3 is 0 Å². The smallest absolute Gasteiger partial charge is 0.277 e. The van der Waals surface area contributed by atoms with Crippen LogP contribution >= 0.6 is 35.0 Å².